The third kappa shape index (κ3) is 2.61. The van der Waals surface area contributed by atoms with Crippen molar-refractivity contribution >= 4 is 6.21 Å². The summed E-state index contributed by atoms with van der Waals surface area (Å²) in [5.41, 5.74) is 8.39. The molecule has 2 aliphatic rings. The fourth-order valence-electron chi connectivity index (χ4n) is 2.62. The molecule has 1 fully saturated rings. The summed E-state index contributed by atoms with van der Waals surface area (Å²) in [7, 11) is 0. The number of para-hydroxylation sites is 1. The van der Waals surface area contributed by atoms with E-state index in [2.05, 4.69) is 11.1 Å². The zero-order chi connectivity index (χ0) is 13.1. The van der Waals surface area contributed by atoms with Crippen molar-refractivity contribution < 1.29 is 4.74 Å². The molecule has 1 heterocycles. The number of aliphatic imine (C=N–C) groups is 1. The van der Waals surface area contributed by atoms with E-state index in [4.69, 9.17) is 10.5 Å². The third-order valence-corrected chi connectivity index (χ3v) is 3.62. The van der Waals surface area contributed by atoms with Crippen molar-refractivity contribution in [3.05, 3.63) is 53.4 Å². The molecule has 1 aromatic carbocycles. The monoisotopic (exact) mass is 254 g/mol. The summed E-state index contributed by atoms with van der Waals surface area (Å²) < 4.78 is 5.94. The Morgan fingerprint density at radius 1 is 1.21 bits per heavy atom. The highest BCUT2D eigenvalue weighted by atomic mass is 16.5. The van der Waals surface area contributed by atoms with E-state index in [1.165, 1.54) is 11.1 Å². The van der Waals surface area contributed by atoms with Crippen molar-refractivity contribution in [2.24, 2.45) is 16.6 Å². The van der Waals surface area contributed by atoms with Crippen molar-refractivity contribution in [2.45, 2.75) is 19.3 Å². The van der Waals surface area contributed by atoms with Gasteiger partial charge in [-0.25, -0.2) is 4.99 Å². The molecule has 3 heteroatoms. The Bertz CT molecular complexity index is 543. The van der Waals surface area contributed by atoms with Crippen LogP contribution in [0.25, 0.3) is 0 Å². The summed E-state index contributed by atoms with van der Waals surface area (Å²) in [4.78, 5) is 4.47. The molecule has 98 valence electrons. The van der Waals surface area contributed by atoms with Crippen molar-refractivity contribution in [1.29, 1.82) is 0 Å². The Morgan fingerprint density at radius 2 is 2.05 bits per heavy atom. The normalized spacial score (nSPS) is 21.9. The molecule has 1 saturated carbocycles. The number of nitrogens with zero attached hydrogens (tertiary/aromatic N) is 1. The van der Waals surface area contributed by atoms with E-state index in [1.54, 1.807) is 0 Å². The Hall–Kier alpha value is -1.87. The first-order chi connectivity index (χ1) is 9.36. The molecule has 3 rings (SSSR count). The lowest BCUT2D eigenvalue weighted by Crippen LogP contribution is -2.10. The van der Waals surface area contributed by atoms with Gasteiger partial charge in [-0.15, -0.1) is 0 Å². The standard InChI is InChI=1S/C16H18N2O/c17-11-12-9-13-5-4-8-18-16(15(13)10-12)19-14-6-2-1-3-7-14/h1-3,5-8,12H,4,9-11,17H2. The molecule has 2 N–H and O–H groups in total. The SMILES string of the molecule is NCC1CC2=CCC=NC(Oc3ccccc3)=C2C1. The van der Waals surface area contributed by atoms with Crippen LogP contribution in [0.15, 0.2) is 58.4 Å². The van der Waals surface area contributed by atoms with Gasteiger partial charge in [0.2, 0.25) is 5.88 Å². The predicted octanol–water partition coefficient (Wildman–Crippen LogP) is 3.05. The fraction of sp³-hybridized carbons (Fsp3) is 0.312. The lowest BCUT2D eigenvalue weighted by atomic mass is 10.1. The van der Waals surface area contributed by atoms with Gasteiger partial charge >= 0.3 is 0 Å². The second-order valence-electron chi connectivity index (χ2n) is 4.99. The second-order valence-corrected chi connectivity index (χ2v) is 4.99. The molecule has 1 aliphatic carbocycles. The number of hydrogen-bond acceptors (Lipinski definition) is 3. The average Bonchev–Trinajstić information content (AvgIpc) is 2.78. The summed E-state index contributed by atoms with van der Waals surface area (Å²) >= 11 is 0. The molecule has 1 aromatic rings. The maximum absolute atomic E-state index is 5.94. The van der Waals surface area contributed by atoms with E-state index in [1.807, 2.05) is 36.5 Å². The van der Waals surface area contributed by atoms with Crippen molar-refractivity contribution in [3.8, 4) is 5.75 Å². The predicted molar refractivity (Wildman–Crippen MR) is 77.1 cm³/mol. The average molecular weight is 254 g/mol. The van der Waals surface area contributed by atoms with E-state index < -0.39 is 0 Å². The van der Waals surface area contributed by atoms with Gasteiger partial charge in [0.15, 0.2) is 0 Å². The fourth-order valence-corrected chi connectivity index (χ4v) is 2.62. The number of hydrogen-bond donors (Lipinski definition) is 1. The van der Waals surface area contributed by atoms with Crippen LogP contribution in [0.2, 0.25) is 0 Å². The summed E-state index contributed by atoms with van der Waals surface area (Å²) in [6.45, 7) is 0.725. The Labute approximate surface area is 113 Å². The van der Waals surface area contributed by atoms with E-state index in [0.717, 1.165) is 37.4 Å². The molecule has 3 nitrogen and oxygen atoms in total. The van der Waals surface area contributed by atoms with Gasteiger partial charge in [0.1, 0.15) is 5.75 Å². The van der Waals surface area contributed by atoms with Gasteiger partial charge in [0.25, 0.3) is 0 Å². The van der Waals surface area contributed by atoms with E-state index >= 15 is 0 Å². The molecule has 0 saturated heterocycles. The van der Waals surface area contributed by atoms with Gasteiger partial charge in [-0.2, -0.15) is 0 Å². The van der Waals surface area contributed by atoms with Crippen LogP contribution in [0.5, 0.6) is 5.75 Å². The number of allylic oxidation sites excluding steroid dienone is 3. The first kappa shape index (κ1) is 12.2. The van der Waals surface area contributed by atoms with Gasteiger partial charge in [-0.3, -0.25) is 0 Å². The second kappa shape index (κ2) is 5.41. The van der Waals surface area contributed by atoms with Gasteiger partial charge in [-0.05, 0) is 43.0 Å². The number of fused-ring (bicyclic) bond motifs is 1. The lowest BCUT2D eigenvalue weighted by molar-refractivity contribution is 0.413. The summed E-state index contributed by atoms with van der Waals surface area (Å²) in [5.74, 6) is 2.11. The quantitative estimate of drug-likeness (QED) is 0.901. The minimum Gasteiger partial charge on any atom is -0.439 e. The van der Waals surface area contributed by atoms with Crippen LogP contribution in [0.4, 0.5) is 0 Å². The summed E-state index contributed by atoms with van der Waals surface area (Å²) in [6, 6.07) is 9.82. The molecule has 0 radical (unpaired) electrons. The van der Waals surface area contributed by atoms with Gasteiger partial charge in [-0.1, -0.05) is 24.3 Å². The molecular formula is C16H18N2O. The maximum Gasteiger partial charge on any atom is 0.222 e. The zero-order valence-corrected chi connectivity index (χ0v) is 10.9. The molecule has 0 bridgehead atoms. The number of rotatable bonds is 3. The maximum atomic E-state index is 5.94. The highest BCUT2D eigenvalue weighted by Gasteiger charge is 2.27. The van der Waals surface area contributed by atoms with E-state index in [-0.39, 0.29) is 0 Å². The number of ether oxygens (including phenoxy) is 1. The highest BCUT2D eigenvalue weighted by molar-refractivity contribution is 5.64. The zero-order valence-electron chi connectivity index (χ0n) is 10.9. The summed E-state index contributed by atoms with van der Waals surface area (Å²) in [5, 5.41) is 0. The molecule has 0 spiro atoms. The third-order valence-electron chi connectivity index (χ3n) is 3.62. The molecule has 0 aromatic heterocycles. The largest absolute Gasteiger partial charge is 0.439 e. The minimum absolute atomic E-state index is 0.531. The topological polar surface area (TPSA) is 47.6 Å². The minimum atomic E-state index is 0.531. The Balaban J connectivity index is 1.91. The Morgan fingerprint density at radius 3 is 2.84 bits per heavy atom. The highest BCUT2D eigenvalue weighted by Crippen LogP contribution is 2.38. The molecule has 0 amide bonds. The van der Waals surface area contributed by atoms with Crippen LogP contribution in [-0.4, -0.2) is 12.8 Å². The van der Waals surface area contributed by atoms with Crippen LogP contribution >= 0.6 is 0 Å². The van der Waals surface area contributed by atoms with E-state index in [9.17, 15) is 0 Å². The molecule has 1 aliphatic heterocycles. The van der Waals surface area contributed by atoms with Gasteiger partial charge in [0, 0.05) is 18.2 Å². The molecule has 19 heavy (non-hydrogen) atoms. The molecule has 1 atom stereocenters. The summed E-state index contributed by atoms with van der Waals surface area (Å²) in [6.07, 6.45) is 7.06. The van der Waals surface area contributed by atoms with Crippen molar-refractivity contribution in [2.75, 3.05) is 6.54 Å². The van der Waals surface area contributed by atoms with Gasteiger partial charge < -0.3 is 10.5 Å². The van der Waals surface area contributed by atoms with Crippen molar-refractivity contribution in [1.82, 2.24) is 0 Å². The molecular weight excluding hydrogens is 236 g/mol. The molecule has 1 unspecified atom stereocenters. The smallest absolute Gasteiger partial charge is 0.222 e. The van der Waals surface area contributed by atoms with Crippen molar-refractivity contribution in [3.63, 3.8) is 0 Å². The first-order valence-electron chi connectivity index (χ1n) is 6.75. The Kier molecular flexibility index (Phi) is 3.47. The van der Waals surface area contributed by atoms with Crippen LogP contribution in [-0.2, 0) is 0 Å². The number of benzene rings is 1. The van der Waals surface area contributed by atoms with Crippen LogP contribution in [0.3, 0.4) is 0 Å². The van der Waals surface area contributed by atoms with Gasteiger partial charge in [0.05, 0.1) is 0 Å². The van der Waals surface area contributed by atoms with Crippen LogP contribution < -0.4 is 10.5 Å². The van der Waals surface area contributed by atoms with Crippen LogP contribution in [0.1, 0.15) is 19.3 Å². The first-order valence-corrected chi connectivity index (χ1v) is 6.75. The number of nitrogens with two attached hydrogens (primary N) is 1. The lowest BCUT2D eigenvalue weighted by Gasteiger charge is -2.09. The van der Waals surface area contributed by atoms with Crippen LogP contribution in [0, 0.1) is 5.92 Å². The van der Waals surface area contributed by atoms with E-state index in [0.29, 0.717) is 5.92 Å².